The van der Waals surface area contributed by atoms with E-state index in [1.165, 1.54) is 0 Å². The maximum atomic E-state index is 6.44. The van der Waals surface area contributed by atoms with Gasteiger partial charge in [0, 0.05) is 6.61 Å². The van der Waals surface area contributed by atoms with Gasteiger partial charge in [0.1, 0.15) is 5.52 Å². The summed E-state index contributed by atoms with van der Waals surface area (Å²) in [5.41, 5.74) is 7.04. The fraction of sp³-hybridized carbons (Fsp3) is 0.611. The second-order valence-electron chi connectivity index (χ2n) is 8.60. The van der Waals surface area contributed by atoms with Crippen LogP contribution in [0.3, 0.4) is 0 Å². The van der Waals surface area contributed by atoms with Crippen molar-refractivity contribution >= 4 is 37.0 Å². The van der Waals surface area contributed by atoms with Gasteiger partial charge in [0.15, 0.2) is 19.1 Å². The third kappa shape index (κ3) is 3.79. The lowest BCUT2D eigenvalue weighted by Gasteiger charge is -2.38. The van der Waals surface area contributed by atoms with Crippen LogP contribution in [0, 0.1) is 5.92 Å². The third-order valence-electron chi connectivity index (χ3n) is 5.64. The average Bonchev–Trinajstić information content (AvgIpc) is 2.96. The summed E-state index contributed by atoms with van der Waals surface area (Å²) in [5, 5.41) is 0.520. The number of anilines is 1. The fourth-order valence-electron chi connectivity index (χ4n) is 2.97. The summed E-state index contributed by atoms with van der Waals surface area (Å²) in [4.78, 5) is 12.7. The van der Waals surface area contributed by atoms with Crippen molar-refractivity contribution in [1.29, 1.82) is 0 Å². The molecule has 0 unspecified atom stereocenters. The third-order valence-corrected chi connectivity index (χ3v) is 10.4. The van der Waals surface area contributed by atoms with Gasteiger partial charge in [-0.2, -0.15) is 9.97 Å². The molecule has 2 aromatic heterocycles. The van der Waals surface area contributed by atoms with Gasteiger partial charge >= 0.3 is 0 Å². The Balaban J connectivity index is 1.76. The van der Waals surface area contributed by atoms with Crippen LogP contribution in [-0.2, 0) is 4.43 Å². The number of fused-ring (bicyclic) bond motifs is 1. The zero-order valence-electron chi connectivity index (χ0n) is 16.2. The SMILES string of the molecule is CC(C)(C)[Si](C)(C)OC[C@@H]1CC=C[C@@H](n2cnc3c(Cl)nc(N)nc32)C1. The largest absolute Gasteiger partial charge is 0.417 e. The molecule has 2 N–H and O–H groups in total. The van der Waals surface area contributed by atoms with Crippen LogP contribution in [-0.4, -0.2) is 34.4 Å². The quantitative estimate of drug-likeness (QED) is 0.466. The van der Waals surface area contributed by atoms with Crippen LogP contribution < -0.4 is 5.73 Å². The molecular weight excluding hydrogens is 366 g/mol. The van der Waals surface area contributed by atoms with Crippen LogP contribution in [0.2, 0.25) is 23.3 Å². The van der Waals surface area contributed by atoms with E-state index in [1.807, 2.05) is 4.57 Å². The van der Waals surface area contributed by atoms with Crippen LogP contribution in [0.25, 0.3) is 11.2 Å². The Bertz CT molecular complexity index is 827. The van der Waals surface area contributed by atoms with Gasteiger partial charge in [-0.05, 0) is 36.9 Å². The fourth-order valence-corrected chi connectivity index (χ4v) is 4.28. The summed E-state index contributed by atoms with van der Waals surface area (Å²) in [5.74, 6) is 0.646. The highest BCUT2D eigenvalue weighted by molar-refractivity contribution is 6.74. The molecule has 1 aliphatic rings. The van der Waals surface area contributed by atoms with Crippen molar-refractivity contribution in [2.75, 3.05) is 12.3 Å². The minimum atomic E-state index is -1.73. The Morgan fingerprint density at radius 2 is 2.08 bits per heavy atom. The van der Waals surface area contributed by atoms with E-state index in [1.54, 1.807) is 6.33 Å². The van der Waals surface area contributed by atoms with Crippen molar-refractivity contribution in [3.63, 3.8) is 0 Å². The second-order valence-corrected chi connectivity index (χ2v) is 13.8. The highest BCUT2D eigenvalue weighted by Gasteiger charge is 2.37. The van der Waals surface area contributed by atoms with E-state index >= 15 is 0 Å². The van der Waals surface area contributed by atoms with Crippen molar-refractivity contribution in [3.8, 4) is 0 Å². The molecular formula is C18H28ClN5OSi. The maximum Gasteiger partial charge on any atom is 0.223 e. The van der Waals surface area contributed by atoms with Gasteiger partial charge in [0.05, 0.1) is 12.4 Å². The zero-order valence-corrected chi connectivity index (χ0v) is 17.9. The first-order valence-corrected chi connectivity index (χ1v) is 12.3. The molecule has 0 aliphatic heterocycles. The van der Waals surface area contributed by atoms with E-state index in [0.717, 1.165) is 19.4 Å². The molecule has 0 saturated carbocycles. The molecule has 3 rings (SSSR count). The molecule has 0 amide bonds. The Kier molecular flexibility index (Phi) is 5.16. The standard InChI is InChI=1S/C18H28ClN5OSi/c1-18(2,3)26(4,5)25-10-12-7-6-8-13(9-12)24-11-21-14-15(19)22-17(20)23-16(14)24/h6,8,11-13H,7,9-10H2,1-5H3,(H2,20,22,23)/t12-,13-/m1/s1. The topological polar surface area (TPSA) is 78.8 Å². The molecule has 1 aliphatic carbocycles. The number of imidazole rings is 1. The van der Waals surface area contributed by atoms with Gasteiger partial charge in [-0.3, -0.25) is 0 Å². The lowest BCUT2D eigenvalue weighted by molar-refractivity contribution is 0.207. The molecule has 0 bridgehead atoms. The Morgan fingerprint density at radius 3 is 2.77 bits per heavy atom. The summed E-state index contributed by atoms with van der Waals surface area (Å²) < 4.78 is 8.47. The molecule has 2 aromatic rings. The molecule has 0 saturated heterocycles. The number of hydrogen-bond donors (Lipinski definition) is 1. The average molecular weight is 394 g/mol. The van der Waals surface area contributed by atoms with Crippen molar-refractivity contribution in [2.45, 2.75) is 57.8 Å². The number of allylic oxidation sites excluding steroid dienone is 2. The smallest absolute Gasteiger partial charge is 0.223 e. The Morgan fingerprint density at radius 1 is 1.35 bits per heavy atom. The van der Waals surface area contributed by atoms with Gasteiger partial charge in [-0.25, -0.2) is 4.98 Å². The van der Waals surface area contributed by atoms with Crippen LogP contribution in [0.15, 0.2) is 18.5 Å². The molecule has 142 valence electrons. The van der Waals surface area contributed by atoms with Crippen molar-refractivity contribution in [3.05, 3.63) is 23.6 Å². The predicted octanol–water partition coefficient (Wildman–Crippen LogP) is 4.59. The molecule has 8 heteroatoms. The minimum Gasteiger partial charge on any atom is -0.417 e. The number of nitrogens with two attached hydrogens (primary N) is 1. The van der Waals surface area contributed by atoms with Gasteiger partial charge in [-0.1, -0.05) is 44.5 Å². The summed E-state index contributed by atoms with van der Waals surface area (Å²) in [6.07, 6.45) is 8.23. The zero-order chi connectivity index (χ0) is 19.1. The molecule has 6 nitrogen and oxygen atoms in total. The highest BCUT2D eigenvalue weighted by atomic mass is 35.5. The lowest BCUT2D eigenvalue weighted by Crippen LogP contribution is -2.42. The van der Waals surface area contributed by atoms with Gasteiger partial charge in [-0.15, -0.1) is 0 Å². The van der Waals surface area contributed by atoms with Crippen LogP contribution in [0.1, 0.15) is 39.7 Å². The summed E-state index contributed by atoms with van der Waals surface area (Å²) >= 11 is 6.15. The first-order chi connectivity index (χ1) is 12.1. The van der Waals surface area contributed by atoms with E-state index in [9.17, 15) is 0 Å². The molecule has 2 heterocycles. The Labute approximate surface area is 161 Å². The monoisotopic (exact) mass is 393 g/mol. The van der Waals surface area contributed by atoms with Crippen molar-refractivity contribution in [2.24, 2.45) is 5.92 Å². The first-order valence-electron chi connectivity index (χ1n) is 9.04. The maximum absolute atomic E-state index is 6.44. The van der Waals surface area contributed by atoms with Crippen LogP contribution >= 0.6 is 11.6 Å². The van der Waals surface area contributed by atoms with Gasteiger partial charge in [0.25, 0.3) is 0 Å². The molecule has 2 atom stereocenters. The molecule has 0 spiro atoms. The van der Waals surface area contributed by atoms with Crippen molar-refractivity contribution < 1.29 is 4.43 Å². The molecule has 0 radical (unpaired) electrons. The van der Waals surface area contributed by atoms with E-state index in [-0.39, 0.29) is 17.0 Å². The summed E-state index contributed by atoms with van der Waals surface area (Å²) in [6, 6.07) is 0.173. The number of halogens is 1. The van der Waals surface area contributed by atoms with E-state index in [4.69, 9.17) is 21.8 Å². The first kappa shape index (κ1) is 19.3. The Hall–Kier alpha value is -1.44. The second kappa shape index (κ2) is 6.94. The molecule has 0 aromatic carbocycles. The summed E-state index contributed by atoms with van der Waals surface area (Å²) in [6.45, 7) is 12.2. The molecule has 26 heavy (non-hydrogen) atoms. The number of aromatic nitrogens is 4. The highest BCUT2D eigenvalue weighted by Crippen LogP contribution is 2.38. The molecule has 0 fully saturated rings. The number of hydrogen-bond acceptors (Lipinski definition) is 5. The van der Waals surface area contributed by atoms with E-state index in [0.29, 0.717) is 22.2 Å². The van der Waals surface area contributed by atoms with Crippen LogP contribution in [0.4, 0.5) is 5.95 Å². The van der Waals surface area contributed by atoms with Gasteiger partial charge in [0.2, 0.25) is 5.95 Å². The normalized spacial score (nSPS) is 21.5. The van der Waals surface area contributed by atoms with Crippen molar-refractivity contribution in [1.82, 2.24) is 19.5 Å². The minimum absolute atomic E-state index is 0.168. The number of nitrogens with zero attached hydrogens (tertiary/aromatic N) is 4. The number of nitrogen functional groups attached to an aromatic ring is 1. The predicted molar refractivity (Wildman–Crippen MR) is 109 cm³/mol. The lowest BCUT2D eigenvalue weighted by atomic mass is 9.91. The number of rotatable bonds is 4. The van der Waals surface area contributed by atoms with E-state index in [2.05, 4.69) is 61.0 Å². The van der Waals surface area contributed by atoms with Gasteiger partial charge < -0.3 is 14.7 Å². The van der Waals surface area contributed by atoms with E-state index < -0.39 is 8.32 Å². The van der Waals surface area contributed by atoms with Crippen LogP contribution in [0.5, 0.6) is 0 Å². The summed E-state index contributed by atoms with van der Waals surface area (Å²) in [7, 11) is -1.73.